The monoisotopic (exact) mass is 529 g/mol. The molecule has 0 fully saturated rings. The third-order valence-electron chi connectivity index (χ3n) is 6.55. The Balaban J connectivity index is 1.62. The van der Waals surface area contributed by atoms with E-state index in [0.29, 0.717) is 17.7 Å². The summed E-state index contributed by atoms with van der Waals surface area (Å²) >= 11 is 3.24. The molecule has 4 nitrogen and oxygen atoms in total. The molecule has 4 aromatic rings. The molecule has 0 aliphatic carbocycles. The number of anilines is 2. The second-order valence-electron chi connectivity index (χ2n) is 9.16. The SMILES string of the molecule is C=CCCC(=C)Cc1ccccc1N1C(=O)c2cc(F)ccc2N(C)C1c1ccc(-c2csc(C)n2)s1. The van der Waals surface area contributed by atoms with Gasteiger partial charge in [0.05, 0.1) is 32.5 Å². The van der Waals surface area contributed by atoms with Gasteiger partial charge in [0.15, 0.2) is 0 Å². The van der Waals surface area contributed by atoms with Crippen LogP contribution in [-0.2, 0) is 6.42 Å². The first-order valence-corrected chi connectivity index (χ1v) is 13.8. The number of hydrogen-bond donors (Lipinski definition) is 0. The molecule has 0 saturated carbocycles. The molecule has 37 heavy (non-hydrogen) atoms. The van der Waals surface area contributed by atoms with Crippen LogP contribution in [0.25, 0.3) is 10.6 Å². The van der Waals surface area contributed by atoms with Gasteiger partial charge in [0.25, 0.3) is 5.91 Å². The number of thiazole rings is 1. The van der Waals surface area contributed by atoms with Crippen LogP contribution < -0.4 is 9.80 Å². The van der Waals surface area contributed by atoms with Crippen molar-refractivity contribution in [1.82, 2.24) is 4.98 Å². The Morgan fingerprint density at radius 1 is 1.16 bits per heavy atom. The van der Waals surface area contributed by atoms with Gasteiger partial charge in [0.1, 0.15) is 12.0 Å². The highest BCUT2D eigenvalue weighted by atomic mass is 32.1. The van der Waals surface area contributed by atoms with Crippen LogP contribution in [0, 0.1) is 12.7 Å². The number of benzene rings is 2. The van der Waals surface area contributed by atoms with Gasteiger partial charge in [-0.1, -0.05) is 36.4 Å². The van der Waals surface area contributed by atoms with E-state index in [1.165, 1.54) is 12.1 Å². The summed E-state index contributed by atoms with van der Waals surface area (Å²) in [4.78, 5) is 24.6. The first kappa shape index (κ1) is 25.1. The quantitative estimate of drug-likeness (QED) is 0.216. The predicted octanol–water partition coefficient (Wildman–Crippen LogP) is 8.18. The molecule has 5 rings (SSSR count). The molecule has 1 aliphatic rings. The van der Waals surface area contributed by atoms with Crippen molar-refractivity contribution in [2.24, 2.45) is 0 Å². The highest BCUT2D eigenvalue weighted by Crippen LogP contribution is 2.45. The Kier molecular flexibility index (Phi) is 7.09. The summed E-state index contributed by atoms with van der Waals surface area (Å²) in [7, 11) is 1.96. The van der Waals surface area contributed by atoms with Gasteiger partial charge >= 0.3 is 0 Å². The lowest BCUT2D eigenvalue weighted by Gasteiger charge is -2.44. The molecule has 2 aromatic heterocycles. The lowest BCUT2D eigenvalue weighted by atomic mass is 9.98. The number of allylic oxidation sites excluding steroid dienone is 2. The van der Waals surface area contributed by atoms with Crippen molar-refractivity contribution in [3.8, 4) is 10.6 Å². The summed E-state index contributed by atoms with van der Waals surface area (Å²) < 4.78 is 14.3. The number of hydrogen-bond acceptors (Lipinski definition) is 5. The van der Waals surface area contributed by atoms with Crippen LogP contribution in [0.2, 0.25) is 0 Å². The van der Waals surface area contributed by atoms with Crippen molar-refractivity contribution in [3.05, 3.63) is 112 Å². The van der Waals surface area contributed by atoms with Crippen molar-refractivity contribution in [2.45, 2.75) is 32.4 Å². The number of aryl methyl sites for hydroxylation is 1. The zero-order chi connectivity index (χ0) is 26.1. The van der Waals surface area contributed by atoms with E-state index in [-0.39, 0.29) is 5.91 Å². The summed E-state index contributed by atoms with van der Waals surface area (Å²) in [5.74, 6) is -0.650. The van der Waals surface area contributed by atoms with Crippen LogP contribution in [0.1, 0.15) is 44.8 Å². The first-order chi connectivity index (χ1) is 17.9. The standard InChI is InChI=1S/C30H28FN3OS2/c1-5-6-9-19(2)16-21-10-7-8-11-25(21)34-29(28-15-14-27(37-28)24-18-36-20(3)32-24)33(4)26-13-12-22(31)17-23(26)30(34)35/h5,7-8,10-15,17-18,29H,1-2,6,9,16H2,3-4H3. The fourth-order valence-electron chi connectivity index (χ4n) is 4.76. The maximum absolute atomic E-state index is 14.3. The largest absolute Gasteiger partial charge is 0.349 e. The van der Waals surface area contributed by atoms with E-state index in [0.717, 1.165) is 50.1 Å². The third-order valence-corrected chi connectivity index (χ3v) is 8.47. The summed E-state index contributed by atoms with van der Waals surface area (Å²) in [5.41, 5.74) is 4.89. The molecule has 188 valence electrons. The minimum Gasteiger partial charge on any atom is -0.349 e. The van der Waals surface area contributed by atoms with Crippen molar-refractivity contribution in [2.75, 3.05) is 16.8 Å². The maximum atomic E-state index is 14.3. The Morgan fingerprint density at radius 3 is 2.73 bits per heavy atom. The lowest BCUT2D eigenvalue weighted by molar-refractivity contribution is 0.0969. The number of carbonyl (C=O) groups is 1. The molecule has 1 atom stereocenters. The topological polar surface area (TPSA) is 36.4 Å². The van der Waals surface area contributed by atoms with Crippen molar-refractivity contribution in [3.63, 3.8) is 0 Å². The van der Waals surface area contributed by atoms with Crippen molar-refractivity contribution >= 4 is 40.0 Å². The first-order valence-electron chi connectivity index (χ1n) is 12.1. The highest BCUT2D eigenvalue weighted by molar-refractivity contribution is 7.16. The minimum atomic E-state index is -0.428. The molecule has 0 bridgehead atoms. The fourth-order valence-corrected chi connectivity index (χ4v) is 6.55. The van der Waals surface area contributed by atoms with Crippen LogP contribution >= 0.6 is 22.7 Å². The smallest absolute Gasteiger partial charge is 0.262 e. The highest BCUT2D eigenvalue weighted by Gasteiger charge is 2.39. The predicted molar refractivity (Wildman–Crippen MR) is 153 cm³/mol. The number of carbonyl (C=O) groups excluding carboxylic acids is 1. The number of nitrogens with zero attached hydrogens (tertiary/aromatic N) is 3. The number of amides is 1. The van der Waals surface area contributed by atoms with E-state index >= 15 is 0 Å². The Morgan fingerprint density at radius 2 is 1.97 bits per heavy atom. The summed E-state index contributed by atoms with van der Waals surface area (Å²) in [6, 6.07) is 16.5. The van der Waals surface area contributed by atoms with Gasteiger partial charge in [-0.15, -0.1) is 29.3 Å². The molecule has 0 saturated heterocycles. The van der Waals surface area contributed by atoms with E-state index in [4.69, 9.17) is 0 Å². The average molecular weight is 530 g/mol. The van der Waals surface area contributed by atoms with Gasteiger partial charge < -0.3 is 4.90 Å². The molecular formula is C30H28FN3OS2. The van der Waals surface area contributed by atoms with Gasteiger partial charge in [0.2, 0.25) is 0 Å². The maximum Gasteiger partial charge on any atom is 0.262 e. The molecule has 0 radical (unpaired) electrons. The molecule has 7 heteroatoms. The molecule has 0 N–H and O–H groups in total. The van der Waals surface area contributed by atoms with Gasteiger partial charge in [0, 0.05) is 17.3 Å². The summed E-state index contributed by atoms with van der Waals surface area (Å²) in [6.07, 6.45) is 3.83. The number of thiophene rings is 1. The van der Waals surface area contributed by atoms with Crippen LogP contribution in [0.3, 0.4) is 0 Å². The number of rotatable bonds is 8. The molecule has 0 spiro atoms. The van der Waals surface area contributed by atoms with E-state index in [1.54, 1.807) is 33.6 Å². The zero-order valence-electron chi connectivity index (χ0n) is 20.9. The molecule has 3 heterocycles. The normalized spacial score (nSPS) is 15.1. The van der Waals surface area contributed by atoms with E-state index < -0.39 is 12.0 Å². The number of aromatic nitrogens is 1. The van der Waals surface area contributed by atoms with Crippen LogP contribution in [-0.4, -0.2) is 17.9 Å². The Labute approximate surface area is 225 Å². The number of fused-ring (bicyclic) bond motifs is 1. The lowest BCUT2D eigenvalue weighted by Crippen LogP contribution is -2.48. The average Bonchev–Trinajstić information content (AvgIpc) is 3.54. The zero-order valence-corrected chi connectivity index (χ0v) is 22.5. The van der Waals surface area contributed by atoms with Gasteiger partial charge in [-0.2, -0.15) is 0 Å². The Bertz CT molecular complexity index is 1490. The van der Waals surface area contributed by atoms with E-state index in [1.807, 2.05) is 44.3 Å². The summed E-state index contributed by atoms with van der Waals surface area (Å²) in [6.45, 7) is 10.1. The molecule has 2 aromatic carbocycles. The van der Waals surface area contributed by atoms with Crippen molar-refractivity contribution in [1.29, 1.82) is 0 Å². The molecular weight excluding hydrogens is 501 g/mol. The van der Waals surface area contributed by atoms with Crippen molar-refractivity contribution < 1.29 is 9.18 Å². The van der Waals surface area contributed by atoms with Gasteiger partial charge in [-0.25, -0.2) is 9.37 Å². The van der Waals surface area contributed by atoms with E-state index in [2.05, 4.69) is 40.6 Å². The second kappa shape index (κ2) is 10.4. The number of halogens is 1. The Hall–Kier alpha value is -3.55. The molecule has 1 unspecified atom stereocenters. The van der Waals surface area contributed by atoms with Crippen LogP contribution in [0.15, 0.2) is 84.8 Å². The molecule has 1 aliphatic heterocycles. The second-order valence-corrected chi connectivity index (χ2v) is 11.3. The van der Waals surface area contributed by atoms with Gasteiger partial charge in [-0.3, -0.25) is 9.69 Å². The minimum absolute atomic E-state index is 0.221. The van der Waals surface area contributed by atoms with Gasteiger partial charge in [-0.05, 0) is 68.1 Å². The fraction of sp³-hybridized carbons (Fsp3) is 0.200. The number of para-hydroxylation sites is 1. The van der Waals surface area contributed by atoms with Crippen LogP contribution in [0.5, 0.6) is 0 Å². The molecule has 1 amide bonds. The van der Waals surface area contributed by atoms with E-state index in [9.17, 15) is 9.18 Å². The summed E-state index contributed by atoms with van der Waals surface area (Å²) in [5, 5.41) is 3.07. The third kappa shape index (κ3) is 4.89. The van der Waals surface area contributed by atoms with Crippen LogP contribution in [0.4, 0.5) is 15.8 Å².